The number of halogens is 1. The third kappa shape index (κ3) is 3.33. The maximum absolute atomic E-state index is 12.6. The van der Waals surface area contributed by atoms with Crippen LogP contribution >= 0.6 is 11.6 Å². The molecule has 3 heterocycles. The van der Waals surface area contributed by atoms with Crippen molar-refractivity contribution in [1.82, 2.24) is 20.5 Å². The lowest BCUT2D eigenvalue weighted by Gasteiger charge is -2.25. The monoisotopic (exact) mass is 419 g/mol. The Morgan fingerprint density at radius 2 is 2.03 bits per heavy atom. The van der Waals surface area contributed by atoms with Crippen molar-refractivity contribution in [3.05, 3.63) is 76.6 Å². The van der Waals surface area contributed by atoms with Crippen molar-refractivity contribution in [2.45, 2.75) is 12.6 Å². The highest BCUT2D eigenvalue weighted by Crippen LogP contribution is 2.38. The lowest BCUT2D eigenvalue weighted by Crippen LogP contribution is -2.29. The highest BCUT2D eigenvalue weighted by Gasteiger charge is 2.26. The van der Waals surface area contributed by atoms with Gasteiger partial charge in [0.05, 0.1) is 18.0 Å². The van der Waals surface area contributed by atoms with Gasteiger partial charge in [-0.25, -0.2) is 4.98 Å². The van der Waals surface area contributed by atoms with Crippen molar-refractivity contribution < 1.29 is 9.90 Å². The average molecular weight is 420 g/mol. The first kappa shape index (κ1) is 18.7. The minimum atomic E-state index is -0.678. The number of carbonyl (C=O) groups excluding carboxylic acids is 1. The van der Waals surface area contributed by atoms with Gasteiger partial charge in [-0.3, -0.25) is 9.89 Å². The molecule has 0 bridgehead atoms. The van der Waals surface area contributed by atoms with Gasteiger partial charge in [0.1, 0.15) is 0 Å². The van der Waals surface area contributed by atoms with E-state index in [0.29, 0.717) is 35.0 Å². The van der Waals surface area contributed by atoms with Gasteiger partial charge in [-0.2, -0.15) is 5.10 Å². The number of aliphatic hydroxyl groups is 1. The molecule has 4 N–H and O–H groups in total. The second-order valence-corrected chi connectivity index (χ2v) is 7.60. The zero-order valence-electron chi connectivity index (χ0n) is 15.8. The molecule has 150 valence electrons. The van der Waals surface area contributed by atoms with Crippen LogP contribution in [0.3, 0.4) is 0 Å². The molecular weight excluding hydrogens is 402 g/mol. The number of benzene rings is 2. The topological polar surface area (TPSA) is 103 Å². The summed E-state index contributed by atoms with van der Waals surface area (Å²) in [6.45, 7) is 1.03. The number of rotatable bonds is 3. The molecule has 8 heteroatoms. The third-order valence-corrected chi connectivity index (χ3v) is 5.45. The van der Waals surface area contributed by atoms with Crippen molar-refractivity contribution in [2.24, 2.45) is 0 Å². The summed E-state index contributed by atoms with van der Waals surface area (Å²) in [4.78, 5) is 17.2. The summed E-state index contributed by atoms with van der Waals surface area (Å²) in [7, 11) is 0. The van der Waals surface area contributed by atoms with Gasteiger partial charge < -0.3 is 15.7 Å². The van der Waals surface area contributed by atoms with Crippen molar-refractivity contribution >= 4 is 34.2 Å². The van der Waals surface area contributed by atoms with Gasteiger partial charge in [-0.05, 0) is 42.0 Å². The first-order valence-corrected chi connectivity index (χ1v) is 9.90. The van der Waals surface area contributed by atoms with Crippen LogP contribution in [0.25, 0.3) is 22.2 Å². The van der Waals surface area contributed by atoms with E-state index in [4.69, 9.17) is 11.6 Å². The summed E-state index contributed by atoms with van der Waals surface area (Å²) >= 11 is 5.90. The van der Waals surface area contributed by atoms with Crippen LogP contribution < -0.4 is 10.6 Å². The Bertz CT molecular complexity index is 1250. The molecule has 0 saturated heterocycles. The maximum Gasteiger partial charge on any atom is 0.255 e. The summed E-state index contributed by atoms with van der Waals surface area (Å²) in [6.07, 6.45) is 1.04. The SMILES string of the molecule is O=C(Nc1cccc(-c2c3c(nc4[nH]ncc24)CNCC3O)c1)c1ccc(Cl)cc1. The number of pyridine rings is 1. The number of nitrogens with one attached hydrogen (secondary N) is 3. The molecule has 2 aromatic carbocycles. The number of hydrogen-bond donors (Lipinski definition) is 4. The molecule has 1 aliphatic rings. The van der Waals surface area contributed by atoms with E-state index in [9.17, 15) is 9.90 Å². The number of aromatic nitrogens is 3. The van der Waals surface area contributed by atoms with E-state index < -0.39 is 6.10 Å². The largest absolute Gasteiger partial charge is 0.387 e. The van der Waals surface area contributed by atoms with E-state index in [1.807, 2.05) is 24.3 Å². The number of fused-ring (bicyclic) bond motifs is 2. The molecule has 1 aliphatic heterocycles. The summed E-state index contributed by atoms with van der Waals surface area (Å²) in [5.74, 6) is -0.224. The van der Waals surface area contributed by atoms with Crippen LogP contribution in [0.15, 0.2) is 54.7 Å². The van der Waals surface area contributed by atoms with Crippen molar-refractivity contribution in [2.75, 3.05) is 11.9 Å². The molecule has 0 aliphatic carbocycles. The fraction of sp³-hybridized carbons (Fsp3) is 0.136. The van der Waals surface area contributed by atoms with Crippen LogP contribution in [-0.4, -0.2) is 32.7 Å². The van der Waals surface area contributed by atoms with Crippen molar-refractivity contribution in [1.29, 1.82) is 0 Å². The number of carbonyl (C=O) groups is 1. The number of amides is 1. The standard InChI is InChI=1S/C22H18ClN5O2/c23-14-6-4-12(5-7-14)22(30)26-15-3-1-2-13(8-15)19-16-9-25-28-21(16)27-17-10-24-11-18(29)20(17)19/h1-9,18,24,29H,10-11H2,(H,26,30)(H,25,27,28). The number of aromatic amines is 1. The van der Waals surface area contributed by atoms with Crippen LogP contribution in [0.5, 0.6) is 0 Å². The van der Waals surface area contributed by atoms with Gasteiger partial charge in [0.15, 0.2) is 5.65 Å². The van der Waals surface area contributed by atoms with E-state index in [0.717, 1.165) is 27.8 Å². The van der Waals surface area contributed by atoms with Crippen LogP contribution in [0.2, 0.25) is 5.02 Å². The Hall–Kier alpha value is -3.26. The number of β-amino-alcohol motifs (C(OH)–C–C–N with tert-alkyl or cyclic N) is 1. The van der Waals surface area contributed by atoms with Crippen LogP contribution in [0, 0.1) is 0 Å². The molecular formula is C22H18ClN5O2. The normalized spacial score (nSPS) is 15.7. The second-order valence-electron chi connectivity index (χ2n) is 7.17. The number of H-pyrrole nitrogens is 1. The molecule has 4 aromatic rings. The molecule has 5 rings (SSSR count). The predicted molar refractivity (Wildman–Crippen MR) is 115 cm³/mol. The molecule has 0 radical (unpaired) electrons. The van der Waals surface area contributed by atoms with Crippen LogP contribution in [0.4, 0.5) is 5.69 Å². The maximum atomic E-state index is 12.6. The van der Waals surface area contributed by atoms with Gasteiger partial charge in [-0.1, -0.05) is 23.7 Å². The molecule has 1 amide bonds. The Kier molecular flexibility index (Phi) is 4.71. The first-order chi connectivity index (χ1) is 14.6. The van der Waals surface area contributed by atoms with Gasteiger partial charge in [0.25, 0.3) is 5.91 Å². The van der Waals surface area contributed by atoms with E-state index >= 15 is 0 Å². The molecule has 1 atom stereocenters. The van der Waals surface area contributed by atoms with Gasteiger partial charge >= 0.3 is 0 Å². The van der Waals surface area contributed by atoms with Crippen molar-refractivity contribution in [3.63, 3.8) is 0 Å². The summed E-state index contributed by atoms with van der Waals surface area (Å²) < 4.78 is 0. The quantitative estimate of drug-likeness (QED) is 0.405. The third-order valence-electron chi connectivity index (χ3n) is 5.19. The molecule has 0 saturated carbocycles. The highest BCUT2D eigenvalue weighted by atomic mass is 35.5. The van der Waals surface area contributed by atoms with E-state index in [1.165, 1.54) is 0 Å². The van der Waals surface area contributed by atoms with Crippen LogP contribution in [-0.2, 0) is 6.54 Å². The summed E-state index contributed by atoms with van der Waals surface area (Å²) in [6, 6.07) is 14.3. The number of aliphatic hydroxyl groups excluding tert-OH is 1. The lowest BCUT2D eigenvalue weighted by atomic mass is 9.91. The molecule has 2 aromatic heterocycles. The van der Waals surface area contributed by atoms with Crippen molar-refractivity contribution in [3.8, 4) is 11.1 Å². The van der Waals surface area contributed by atoms with Gasteiger partial charge in [0, 0.05) is 45.9 Å². The molecule has 7 nitrogen and oxygen atoms in total. The molecule has 1 unspecified atom stereocenters. The second kappa shape index (κ2) is 7.53. The molecule has 30 heavy (non-hydrogen) atoms. The Morgan fingerprint density at radius 1 is 1.20 bits per heavy atom. The van der Waals surface area contributed by atoms with Gasteiger partial charge in [0.2, 0.25) is 0 Å². The number of anilines is 1. The number of nitrogens with zero attached hydrogens (tertiary/aromatic N) is 2. The molecule has 0 fully saturated rings. The first-order valence-electron chi connectivity index (χ1n) is 9.52. The Balaban J connectivity index is 1.57. The highest BCUT2D eigenvalue weighted by molar-refractivity contribution is 6.30. The Labute approximate surface area is 177 Å². The zero-order valence-corrected chi connectivity index (χ0v) is 16.6. The lowest BCUT2D eigenvalue weighted by molar-refractivity contribution is 0.102. The van der Waals surface area contributed by atoms with E-state index in [1.54, 1.807) is 30.5 Å². The summed E-state index contributed by atoms with van der Waals surface area (Å²) in [5, 5.41) is 25.2. The number of hydrogen-bond acceptors (Lipinski definition) is 5. The fourth-order valence-corrected chi connectivity index (χ4v) is 3.95. The van der Waals surface area contributed by atoms with E-state index in [-0.39, 0.29) is 5.91 Å². The van der Waals surface area contributed by atoms with Gasteiger partial charge in [-0.15, -0.1) is 0 Å². The minimum Gasteiger partial charge on any atom is -0.387 e. The van der Waals surface area contributed by atoms with Crippen LogP contribution in [0.1, 0.15) is 27.7 Å². The smallest absolute Gasteiger partial charge is 0.255 e. The fourth-order valence-electron chi connectivity index (χ4n) is 3.82. The summed E-state index contributed by atoms with van der Waals surface area (Å²) in [5.41, 5.74) is 5.16. The zero-order chi connectivity index (χ0) is 20.7. The molecule has 0 spiro atoms. The van der Waals surface area contributed by atoms with E-state index in [2.05, 4.69) is 25.8 Å². The predicted octanol–water partition coefficient (Wildman–Crippen LogP) is 3.67. The average Bonchev–Trinajstić information content (AvgIpc) is 3.21. The minimum absolute atomic E-state index is 0.224. The Morgan fingerprint density at radius 3 is 2.87 bits per heavy atom.